The van der Waals surface area contributed by atoms with E-state index < -0.39 is 0 Å². The molecule has 1 fully saturated rings. The molecule has 1 aromatic rings. The van der Waals surface area contributed by atoms with Crippen molar-refractivity contribution in [1.29, 1.82) is 0 Å². The van der Waals surface area contributed by atoms with Gasteiger partial charge in [0.2, 0.25) is 0 Å². The van der Waals surface area contributed by atoms with Gasteiger partial charge in [0.15, 0.2) is 0 Å². The molecular formula is C16H25BO2. The van der Waals surface area contributed by atoms with Crippen LogP contribution in [0.3, 0.4) is 0 Å². The van der Waals surface area contributed by atoms with Gasteiger partial charge in [0, 0.05) is 0 Å². The predicted octanol–water partition coefficient (Wildman–Crippen LogP) is 4.02. The van der Waals surface area contributed by atoms with Crippen molar-refractivity contribution >= 4 is 7.12 Å². The Morgan fingerprint density at radius 1 is 1.11 bits per heavy atom. The Kier molecular flexibility index (Phi) is 3.81. The lowest BCUT2D eigenvalue weighted by atomic mass is 9.70. The Hall–Kier alpha value is -0.795. The highest BCUT2D eigenvalue weighted by Gasteiger charge is 2.52. The number of hydrogen-bond donors (Lipinski definition) is 0. The van der Waals surface area contributed by atoms with Crippen molar-refractivity contribution in [2.75, 3.05) is 0 Å². The standard InChI is InChI=1S/C16H25BO2/c1-12-8-7-9-14(10-12)11-13(2)17-18-15(3,4)16(5,6)19-17/h7-10,13H,11H2,1-6H3. The lowest BCUT2D eigenvalue weighted by Crippen LogP contribution is -2.41. The fourth-order valence-electron chi connectivity index (χ4n) is 2.43. The summed E-state index contributed by atoms with van der Waals surface area (Å²) in [6, 6.07) is 8.65. The quantitative estimate of drug-likeness (QED) is 0.764. The van der Waals surface area contributed by atoms with Crippen molar-refractivity contribution in [3.63, 3.8) is 0 Å². The van der Waals surface area contributed by atoms with Crippen LogP contribution in [0.15, 0.2) is 24.3 Å². The van der Waals surface area contributed by atoms with Gasteiger partial charge in [-0.2, -0.15) is 0 Å². The van der Waals surface area contributed by atoms with Crippen molar-refractivity contribution in [3.8, 4) is 0 Å². The van der Waals surface area contributed by atoms with Crippen molar-refractivity contribution < 1.29 is 9.31 Å². The zero-order valence-electron chi connectivity index (χ0n) is 13.0. The largest absolute Gasteiger partial charge is 0.461 e. The fourth-order valence-corrected chi connectivity index (χ4v) is 2.43. The Labute approximate surface area is 117 Å². The first-order valence-corrected chi connectivity index (χ1v) is 7.12. The molecular weight excluding hydrogens is 235 g/mol. The molecule has 0 spiro atoms. The minimum Gasteiger partial charge on any atom is -0.403 e. The van der Waals surface area contributed by atoms with Gasteiger partial charge in [-0.3, -0.25) is 0 Å². The molecule has 3 heteroatoms. The van der Waals surface area contributed by atoms with Crippen LogP contribution in [0.5, 0.6) is 0 Å². The third-order valence-corrected chi connectivity index (χ3v) is 4.38. The average Bonchev–Trinajstić information content (AvgIpc) is 2.48. The van der Waals surface area contributed by atoms with Gasteiger partial charge < -0.3 is 9.31 Å². The summed E-state index contributed by atoms with van der Waals surface area (Å²) in [4.78, 5) is 0. The first-order valence-electron chi connectivity index (χ1n) is 7.12. The van der Waals surface area contributed by atoms with Crippen LogP contribution in [0.2, 0.25) is 5.82 Å². The fraction of sp³-hybridized carbons (Fsp3) is 0.625. The van der Waals surface area contributed by atoms with Crippen LogP contribution in [0, 0.1) is 6.92 Å². The Morgan fingerprint density at radius 3 is 2.21 bits per heavy atom. The molecule has 0 aromatic heterocycles. The van der Waals surface area contributed by atoms with Crippen molar-refractivity contribution in [3.05, 3.63) is 35.4 Å². The van der Waals surface area contributed by atoms with Gasteiger partial charge in [-0.05, 0) is 52.4 Å². The first-order chi connectivity index (χ1) is 8.71. The van der Waals surface area contributed by atoms with E-state index in [1.807, 2.05) is 0 Å². The van der Waals surface area contributed by atoms with Gasteiger partial charge in [-0.15, -0.1) is 0 Å². The number of aryl methyl sites for hydroxylation is 1. The second-order valence-electron chi connectivity index (χ2n) is 6.80. The molecule has 104 valence electrons. The highest BCUT2D eigenvalue weighted by molar-refractivity contribution is 6.47. The third-order valence-electron chi connectivity index (χ3n) is 4.38. The maximum absolute atomic E-state index is 6.11. The van der Waals surface area contributed by atoms with Crippen LogP contribution in [0.1, 0.15) is 45.7 Å². The molecule has 1 heterocycles. The van der Waals surface area contributed by atoms with E-state index >= 15 is 0 Å². The van der Waals surface area contributed by atoms with Gasteiger partial charge in [0.25, 0.3) is 0 Å². The molecule has 1 aromatic carbocycles. The summed E-state index contributed by atoms with van der Waals surface area (Å²) >= 11 is 0. The molecule has 0 radical (unpaired) electrons. The van der Waals surface area contributed by atoms with Crippen molar-refractivity contribution in [1.82, 2.24) is 0 Å². The van der Waals surface area contributed by atoms with E-state index in [1.165, 1.54) is 11.1 Å². The SMILES string of the molecule is Cc1cccc(CC(C)B2OC(C)(C)C(C)(C)O2)c1. The van der Waals surface area contributed by atoms with E-state index in [-0.39, 0.29) is 18.3 Å². The molecule has 0 N–H and O–H groups in total. The summed E-state index contributed by atoms with van der Waals surface area (Å²) in [6.07, 6.45) is 0.985. The van der Waals surface area contributed by atoms with E-state index in [2.05, 4.69) is 65.8 Å². The highest BCUT2D eigenvalue weighted by atomic mass is 16.7. The van der Waals surface area contributed by atoms with Gasteiger partial charge >= 0.3 is 7.12 Å². The normalized spacial score (nSPS) is 22.5. The van der Waals surface area contributed by atoms with Crippen LogP contribution in [0.4, 0.5) is 0 Å². The Morgan fingerprint density at radius 2 is 1.68 bits per heavy atom. The molecule has 0 bridgehead atoms. The molecule has 0 saturated carbocycles. The van der Waals surface area contributed by atoms with Gasteiger partial charge in [-0.25, -0.2) is 0 Å². The monoisotopic (exact) mass is 260 g/mol. The summed E-state index contributed by atoms with van der Waals surface area (Å²) in [5.41, 5.74) is 2.18. The second-order valence-corrected chi connectivity index (χ2v) is 6.80. The average molecular weight is 260 g/mol. The summed E-state index contributed by atoms with van der Waals surface area (Å²) in [5.74, 6) is 0.350. The topological polar surface area (TPSA) is 18.5 Å². The molecule has 1 saturated heterocycles. The van der Waals surface area contributed by atoms with Gasteiger partial charge in [-0.1, -0.05) is 36.8 Å². The summed E-state index contributed by atoms with van der Waals surface area (Å²) in [7, 11) is -0.120. The first kappa shape index (κ1) is 14.6. The van der Waals surface area contributed by atoms with Gasteiger partial charge in [0.1, 0.15) is 0 Å². The molecule has 0 amide bonds. The van der Waals surface area contributed by atoms with Crippen molar-refractivity contribution in [2.24, 2.45) is 0 Å². The number of hydrogen-bond acceptors (Lipinski definition) is 2. The summed E-state index contributed by atoms with van der Waals surface area (Å²) in [5, 5.41) is 0. The molecule has 2 nitrogen and oxygen atoms in total. The van der Waals surface area contributed by atoms with Gasteiger partial charge in [0.05, 0.1) is 11.2 Å². The maximum Gasteiger partial charge on any atom is 0.461 e. The second kappa shape index (κ2) is 4.95. The molecule has 1 aliphatic heterocycles. The predicted molar refractivity (Wildman–Crippen MR) is 80.4 cm³/mol. The molecule has 2 rings (SSSR count). The zero-order chi connectivity index (χ0) is 14.3. The Bertz CT molecular complexity index is 438. The number of rotatable bonds is 3. The van der Waals surface area contributed by atoms with E-state index in [0.717, 1.165) is 6.42 Å². The van der Waals surface area contributed by atoms with Crippen LogP contribution in [-0.4, -0.2) is 18.3 Å². The van der Waals surface area contributed by atoms with E-state index in [0.29, 0.717) is 5.82 Å². The molecule has 1 atom stereocenters. The van der Waals surface area contributed by atoms with Crippen LogP contribution < -0.4 is 0 Å². The Balaban J connectivity index is 2.04. The van der Waals surface area contributed by atoms with E-state index in [1.54, 1.807) is 0 Å². The minimum atomic E-state index is -0.238. The lowest BCUT2D eigenvalue weighted by molar-refractivity contribution is 0.00578. The summed E-state index contributed by atoms with van der Waals surface area (Å²) < 4.78 is 12.2. The highest BCUT2D eigenvalue weighted by Crippen LogP contribution is 2.40. The van der Waals surface area contributed by atoms with Crippen LogP contribution >= 0.6 is 0 Å². The van der Waals surface area contributed by atoms with Crippen LogP contribution in [-0.2, 0) is 15.7 Å². The van der Waals surface area contributed by atoms with E-state index in [9.17, 15) is 0 Å². The van der Waals surface area contributed by atoms with Crippen molar-refractivity contribution in [2.45, 2.75) is 65.0 Å². The maximum atomic E-state index is 6.11. The molecule has 1 unspecified atom stereocenters. The molecule has 1 aliphatic rings. The lowest BCUT2D eigenvalue weighted by Gasteiger charge is -2.32. The minimum absolute atomic E-state index is 0.120. The summed E-state index contributed by atoms with van der Waals surface area (Å²) in [6.45, 7) is 12.7. The van der Waals surface area contributed by atoms with Crippen LogP contribution in [0.25, 0.3) is 0 Å². The smallest absolute Gasteiger partial charge is 0.403 e. The molecule has 0 aliphatic carbocycles. The number of benzene rings is 1. The zero-order valence-corrected chi connectivity index (χ0v) is 13.0. The third kappa shape index (κ3) is 3.03. The molecule has 19 heavy (non-hydrogen) atoms. The van der Waals surface area contributed by atoms with E-state index in [4.69, 9.17) is 9.31 Å².